The van der Waals surface area contributed by atoms with Crippen LogP contribution >= 0.6 is 0 Å². The molecule has 2 aromatic rings. The number of amides is 1. The van der Waals surface area contributed by atoms with Crippen molar-refractivity contribution in [3.8, 4) is 5.75 Å². The first-order chi connectivity index (χ1) is 13.3. The largest absolute Gasteiger partial charge is 0.573 e. The van der Waals surface area contributed by atoms with Crippen LogP contribution in [0.3, 0.4) is 0 Å². The molecule has 0 radical (unpaired) electrons. The molecule has 1 aliphatic rings. The molecule has 2 aromatic carbocycles. The third-order valence-corrected chi connectivity index (χ3v) is 3.99. The van der Waals surface area contributed by atoms with Crippen LogP contribution in [0.15, 0.2) is 54.6 Å². The van der Waals surface area contributed by atoms with Gasteiger partial charge in [-0.3, -0.25) is 4.79 Å². The lowest BCUT2D eigenvalue weighted by molar-refractivity contribution is -0.274. The average molecular weight is 391 g/mol. The number of rotatable bonds is 5. The van der Waals surface area contributed by atoms with Crippen molar-refractivity contribution in [3.05, 3.63) is 65.7 Å². The van der Waals surface area contributed by atoms with Gasteiger partial charge in [-0.2, -0.15) is 0 Å². The summed E-state index contributed by atoms with van der Waals surface area (Å²) >= 11 is 0. The second-order valence-electron chi connectivity index (χ2n) is 5.91. The molecule has 28 heavy (non-hydrogen) atoms. The number of hydrogen-bond donors (Lipinski definition) is 0. The molecule has 0 fully saturated rings. The van der Waals surface area contributed by atoms with E-state index in [1.54, 1.807) is 6.92 Å². The molecule has 0 saturated carbocycles. The van der Waals surface area contributed by atoms with Gasteiger partial charge in [-0.15, -0.1) is 13.2 Å². The lowest BCUT2D eigenvalue weighted by Crippen LogP contribution is -2.25. The number of fused-ring (bicyclic) bond motifs is 1. The van der Waals surface area contributed by atoms with Crippen molar-refractivity contribution in [2.45, 2.75) is 19.8 Å². The van der Waals surface area contributed by atoms with E-state index >= 15 is 0 Å². The predicted molar refractivity (Wildman–Crippen MR) is 95.4 cm³/mol. The lowest BCUT2D eigenvalue weighted by Gasteiger charge is -2.17. The van der Waals surface area contributed by atoms with E-state index in [4.69, 9.17) is 4.74 Å². The van der Waals surface area contributed by atoms with Gasteiger partial charge in [-0.25, -0.2) is 4.79 Å². The van der Waals surface area contributed by atoms with Crippen molar-refractivity contribution >= 4 is 23.1 Å². The van der Waals surface area contributed by atoms with Gasteiger partial charge in [0.1, 0.15) is 5.75 Å². The van der Waals surface area contributed by atoms with E-state index in [0.717, 1.165) is 23.8 Å². The molecule has 0 aliphatic carbocycles. The van der Waals surface area contributed by atoms with Crippen LogP contribution in [0.1, 0.15) is 18.1 Å². The molecule has 8 heteroatoms. The van der Waals surface area contributed by atoms with Crippen LogP contribution in [-0.2, 0) is 20.9 Å². The SMILES string of the molecule is CCOC(=O)/C=C1/C(=O)N(Cc2ccccc2)c2ccc(OC(F)(F)F)cc21. The van der Waals surface area contributed by atoms with Gasteiger partial charge in [-0.05, 0) is 30.7 Å². The van der Waals surface area contributed by atoms with E-state index in [1.807, 2.05) is 30.3 Å². The zero-order valence-electron chi connectivity index (χ0n) is 14.8. The van der Waals surface area contributed by atoms with Crippen molar-refractivity contribution in [1.82, 2.24) is 0 Å². The number of hydrogen-bond acceptors (Lipinski definition) is 4. The zero-order valence-corrected chi connectivity index (χ0v) is 14.8. The number of carbonyl (C=O) groups excluding carboxylic acids is 2. The maximum absolute atomic E-state index is 12.9. The molecule has 0 saturated heterocycles. The summed E-state index contributed by atoms with van der Waals surface area (Å²) in [4.78, 5) is 26.1. The van der Waals surface area contributed by atoms with E-state index in [1.165, 1.54) is 11.0 Å². The molecule has 0 atom stereocenters. The van der Waals surface area contributed by atoms with Gasteiger partial charge in [0, 0.05) is 11.6 Å². The van der Waals surface area contributed by atoms with E-state index in [9.17, 15) is 22.8 Å². The van der Waals surface area contributed by atoms with Crippen molar-refractivity contribution < 1.29 is 32.2 Å². The number of benzene rings is 2. The molecule has 0 spiro atoms. The third kappa shape index (κ3) is 4.33. The summed E-state index contributed by atoms with van der Waals surface area (Å²) in [7, 11) is 0. The Morgan fingerprint density at radius 2 is 1.86 bits per heavy atom. The summed E-state index contributed by atoms with van der Waals surface area (Å²) in [6, 6.07) is 12.7. The maximum atomic E-state index is 12.9. The van der Waals surface area contributed by atoms with Crippen molar-refractivity contribution in [2.75, 3.05) is 11.5 Å². The number of ether oxygens (including phenoxy) is 2. The minimum atomic E-state index is -4.87. The van der Waals surface area contributed by atoms with Gasteiger partial charge >= 0.3 is 12.3 Å². The molecular weight excluding hydrogens is 375 g/mol. The topological polar surface area (TPSA) is 55.8 Å². The number of nitrogens with zero attached hydrogens (tertiary/aromatic N) is 1. The normalized spacial score (nSPS) is 14.9. The Morgan fingerprint density at radius 1 is 1.14 bits per heavy atom. The van der Waals surface area contributed by atoms with E-state index in [2.05, 4.69) is 4.74 Å². The van der Waals surface area contributed by atoms with Crippen LogP contribution < -0.4 is 9.64 Å². The molecule has 3 rings (SSSR count). The van der Waals surface area contributed by atoms with Gasteiger partial charge in [0.15, 0.2) is 0 Å². The quantitative estimate of drug-likeness (QED) is 0.569. The Balaban J connectivity index is 2.02. The van der Waals surface area contributed by atoms with Crippen molar-refractivity contribution in [3.63, 3.8) is 0 Å². The van der Waals surface area contributed by atoms with E-state index in [-0.39, 0.29) is 24.3 Å². The summed E-state index contributed by atoms with van der Waals surface area (Å²) in [5, 5.41) is 0. The Kier molecular flexibility index (Phi) is 5.39. The Hall–Kier alpha value is -3.29. The standard InChI is InChI=1S/C20H16F3NO4/c1-2-27-18(25)11-16-15-10-14(28-20(21,22)23)8-9-17(15)24(19(16)26)12-13-6-4-3-5-7-13/h3-11H,2,12H2,1H3/b16-11+. The fourth-order valence-electron chi connectivity index (χ4n) is 2.90. The van der Waals surface area contributed by atoms with Crippen molar-refractivity contribution in [2.24, 2.45) is 0 Å². The summed E-state index contributed by atoms with van der Waals surface area (Å²) < 4.78 is 46.4. The van der Waals surface area contributed by atoms with Gasteiger partial charge in [0.2, 0.25) is 0 Å². The highest BCUT2D eigenvalue weighted by molar-refractivity contribution is 6.34. The van der Waals surface area contributed by atoms with Gasteiger partial charge < -0.3 is 14.4 Å². The molecule has 1 heterocycles. The lowest BCUT2D eigenvalue weighted by atomic mass is 10.1. The summed E-state index contributed by atoms with van der Waals surface area (Å²) in [5.74, 6) is -1.73. The third-order valence-electron chi connectivity index (χ3n) is 3.99. The maximum Gasteiger partial charge on any atom is 0.573 e. The number of halogens is 3. The second-order valence-corrected chi connectivity index (χ2v) is 5.91. The molecule has 146 valence electrons. The Morgan fingerprint density at radius 3 is 2.50 bits per heavy atom. The van der Waals surface area contributed by atoms with Crippen LogP contribution in [-0.4, -0.2) is 24.8 Å². The zero-order chi connectivity index (χ0) is 20.3. The molecule has 5 nitrogen and oxygen atoms in total. The molecule has 0 N–H and O–H groups in total. The first kappa shape index (κ1) is 19.5. The second kappa shape index (κ2) is 7.75. The summed E-state index contributed by atoms with van der Waals surface area (Å²) in [5.41, 5.74) is 1.35. The molecule has 1 amide bonds. The minimum absolute atomic E-state index is 0.0444. The van der Waals surface area contributed by atoms with Gasteiger partial charge in [0.25, 0.3) is 5.91 Å². The van der Waals surface area contributed by atoms with Crippen molar-refractivity contribution in [1.29, 1.82) is 0 Å². The first-order valence-electron chi connectivity index (χ1n) is 8.43. The number of alkyl halides is 3. The molecule has 0 bridgehead atoms. The highest BCUT2D eigenvalue weighted by atomic mass is 19.4. The van der Waals surface area contributed by atoms with Gasteiger partial charge in [-0.1, -0.05) is 30.3 Å². The fourth-order valence-corrected chi connectivity index (χ4v) is 2.90. The van der Waals surface area contributed by atoms with Gasteiger partial charge in [0.05, 0.1) is 24.4 Å². The smallest absolute Gasteiger partial charge is 0.463 e. The van der Waals surface area contributed by atoms with Crippen LogP contribution in [0.25, 0.3) is 5.57 Å². The van der Waals surface area contributed by atoms with Crippen LogP contribution in [0.5, 0.6) is 5.75 Å². The minimum Gasteiger partial charge on any atom is -0.463 e. The molecule has 0 aromatic heterocycles. The van der Waals surface area contributed by atoms with E-state index in [0.29, 0.717) is 5.69 Å². The molecular formula is C20H16F3NO4. The van der Waals surface area contributed by atoms with E-state index < -0.39 is 24.0 Å². The Labute approximate surface area is 159 Å². The summed E-state index contributed by atoms with van der Waals surface area (Å²) in [6.45, 7) is 1.92. The number of carbonyl (C=O) groups is 2. The van der Waals surface area contributed by atoms with Crippen LogP contribution in [0, 0.1) is 0 Å². The molecule has 1 aliphatic heterocycles. The predicted octanol–water partition coefficient (Wildman–Crippen LogP) is 4.08. The molecule has 0 unspecified atom stereocenters. The number of anilines is 1. The number of esters is 1. The monoisotopic (exact) mass is 391 g/mol. The first-order valence-corrected chi connectivity index (χ1v) is 8.43. The van der Waals surface area contributed by atoms with Crippen LogP contribution in [0.2, 0.25) is 0 Å². The Bertz CT molecular complexity index is 923. The fraction of sp³-hybridized carbons (Fsp3) is 0.200. The highest BCUT2D eigenvalue weighted by Crippen LogP contribution is 2.40. The summed E-state index contributed by atoms with van der Waals surface area (Å²) in [6.07, 6.45) is -3.88. The highest BCUT2D eigenvalue weighted by Gasteiger charge is 2.36. The van der Waals surface area contributed by atoms with Crippen LogP contribution in [0.4, 0.5) is 18.9 Å². The average Bonchev–Trinajstić information content (AvgIpc) is 2.87.